The van der Waals surface area contributed by atoms with Crippen molar-refractivity contribution in [3.05, 3.63) is 23.8 Å². The molecule has 1 aromatic rings. The highest BCUT2D eigenvalue weighted by Crippen LogP contribution is 2.25. The minimum absolute atomic E-state index is 0.206. The smallest absolute Gasteiger partial charge is 0.326 e. The molecule has 0 heterocycles. The van der Waals surface area contributed by atoms with Gasteiger partial charge in [-0.15, -0.1) is 0 Å². The molecule has 1 aromatic carbocycles. The molecular weight excluding hydrogens is 274 g/mol. The van der Waals surface area contributed by atoms with Crippen molar-refractivity contribution in [3.8, 4) is 11.5 Å². The summed E-state index contributed by atoms with van der Waals surface area (Å²) in [7, 11) is 4.62. The van der Waals surface area contributed by atoms with E-state index in [1.807, 2.05) is 6.07 Å². The fourth-order valence-corrected chi connectivity index (χ4v) is 1.88. The number of nitrogens with zero attached hydrogens (tertiary/aromatic N) is 1. The predicted molar refractivity (Wildman–Crippen MR) is 77.7 cm³/mol. The minimum atomic E-state index is -1.02. The quantitative estimate of drug-likeness (QED) is 0.826. The number of rotatable bonds is 7. The highest BCUT2D eigenvalue weighted by atomic mass is 16.5. The van der Waals surface area contributed by atoms with Crippen LogP contribution in [0.4, 0.5) is 0 Å². The molecule has 6 nitrogen and oxygen atoms in total. The largest absolute Gasteiger partial charge is 0.497 e. The second-order valence-corrected chi connectivity index (χ2v) is 4.70. The van der Waals surface area contributed by atoms with E-state index in [0.717, 1.165) is 5.56 Å². The number of methoxy groups -OCH3 is 2. The summed E-state index contributed by atoms with van der Waals surface area (Å²) < 4.78 is 10.4. The standard InChI is InChI=1S/C15H21NO5/c1-10(15(18)19)16(2)14(17)8-5-11-9-12(20-3)6-7-13(11)21-4/h6-7,9-10H,5,8H2,1-4H3,(H,18,19). The molecular formula is C15H21NO5. The maximum absolute atomic E-state index is 12.0. The van der Waals surface area contributed by atoms with Crippen LogP contribution < -0.4 is 9.47 Å². The van der Waals surface area contributed by atoms with E-state index in [-0.39, 0.29) is 12.3 Å². The Hall–Kier alpha value is -2.24. The van der Waals surface area contributed by atoms with E-state index in [1.54, 1.807) is 26.4 Å². The molecule has 0 spiro atoms. The Morgan fingerprint density at radius 2 is 1.95 bits per heavy atom. The summed E-state index contributed by atoms with van der Waals surface area (Å²) in [5.74, 6) is 0.114. The normalized spacial score (nSPS) is 11.6. The molecule has 1 N–H and O–H groups in total. The van der Waals surface area contributed by atoms with Gasteiger partial charge in [0.2, 0.25) is 5.91 Å². The van der Waals surface area contributed by atoms with Crippen LogP contribution in [0.3, 0.4) is 0 Å². The Kier molecular flexibility index (Phi) is 6.02. The lowest BCUT2D eigenvalue weighted by molar-refractivity contribution is -0.148. The molecule has 21 heavy (non-hydrogen) atoms. The maximum Gasteiger partial charge on any atom is 0.326 e. The lowest BCUT2D eigenvalue weighted by Gasteiger charge is -2.21. The van der Waals surface area contributed by atoms with Gasteiger partial charge >= 0.3 is 5.97 Å². The monoisotopic (exact) mass is 295 g/mol. The van der Waals surface area contributed by atoms with Crippen LogP contribution in [0.15, 0.2) is 18.2 Å². The molecule has 0 saturated carbocycles. The van der Waals surface area contributed by atoms with Crippen molar-refractivity contribution in [2.45, 2.75) is 25.8 Å². The Morgan fingerprint density at radius 3 is 2.48 bits per heavy atom. The van der Waals surface area contributed by atoms with Crippen molar-refractivity contribution in [2.75, 3.05) is 21.3 Å². The number of carboxylic acids is 1. The van der Waals surface area contributed by atoms with E-state index in [1.165, 1.54) is 18.9 Å². The number of amides is 1. The van der Waals surface area contributed by atoms with Crippen molar-refractivity contribution in [1.82, 2.24) is 4.90 Å². The molecule has 0 aliphatic carbocycles. The first kappa shape index (κ1) is 16.8. The molecule has 6 heteroatoms. The van der Waals surface area contributed by atoms with Crippen LogP contribution in [-0.4, -0.2) is 49.2 Å². The van der Waals surface area contributed by atoms with Crippen molar-refractivity contribution in [2.24, 2.45) is 0 Å². The van der Waals surface area contributed by atoms with Gasteiger partial charge < -0.3 is 19.5 Å². The fraction of sp³-hybridized carbons (Fsp3) is 0.467. The van der Waals surface area contributed by atoms with Crippen LogP contribution in [0.5, 0.6) is 11.5 Å². The molecule has 0 fully saturated rings. The molecule has 0 saturated heterocycles. The van der Waals surface area contributed by atoms with Gasteiger partial charge in [0.15, 0.2) is 0 Å². The summed E-state index contributed by atoms with van der Waals surface area (Å²) in [5, 5.41) is 8.91. The molecule has 0 aliphatic heterocycles. The first-order chi connectivity index (χ1) is 9.90. The molecule has 1 rings (SSSR count). The molecule has 1 unspecified atom stereocenters. The first-order valence-electron chi connectivity index (χ1n) is 6.60. The number of aryl methyl sites for hydroxylation is 1. The molecule has 0 radical (unpaired) electrons. The second kappa shape index (κ2) is 7.52. The van der Waals surface area contributed by atoms with Gasteiger partial charge in [-0.3, -0.25) is 4.79 Å². The van der Waals surface area contributed by atoms with Crippen LogP contribution in [-0.2, 0) is 16.0 Å². The first-order valence-corrected chi connectivity index (χ1v) is 6.60. The predicted octanol–water partition coefficient (Wildman–Crippen LogP) is 1.57. The third kappa shape index (κ3) is 4.37. The van der Waals surface area contributed by atoms with E-state index >= 15 is 0 Å². The maximum atomic E-state index is 12.0. The lowest BCUT2D eigenvalue weighted by Crippen LogP contribution is -2.40. The molecule has 1 amide bonds. The SMILES string of the molecule is COc1ccc(OC)c(CCC(=O)N(C)C(C)C(=O)O)c1. The van der Waals surface area contributed by atoms with Crippen LogP contribution in [0.25, 0.3) is 0 Å². The highest BCUT2D eigenvalue weighted by Gasteiger charge is 2.21. The Morgan fingerprint density at radius 1 is 1.29 bits per heavy atom. The van der Waals surface area contributed by atoms with Crippen LogP contribution in [0.1, 0.15) is 18.9 Å². The van der Waals surface area contributed by atoms with Crippen molar-refractivity contribution in [3.63, 3.8) is 0 Å². The zero-order chi connectivity index (χ0) is 16.0. The van der Waals surface area contributed by atoms with Crippen LogP contribution in [0.2, 0.25) is 0 Å². The molecule has 0 aliphatic rings. The van der Waals surface area contributed by atoms with Crippen molar-refractivity contribution < 1.29 is 24.2 Å². The number of carbonyl (C=O) groups is 2. The number of benzene rings is 1. The number of carboxylic acid groups (broad SMARTS) is 1. The van der Waals surface area contributed by atoms with Crippen LogP contribution >= 0.6 is 0 Å². The highest BCUT2D eigenvalue weighted by molar-refractivity contribution is 5.83. The minimum Gasteiger partial charge on any atom is -0.497 e. The number of aliphatic carboxylic acids is 1. The third-order valence-corrected chi connectivity index (χ3v) is 3.43. The topological polar surface area (TPSA) is 76.1 Å². The van der Waals surface area contributed by atoms with Crippen molar-refractivity contribution in [1.29, 1.82) is 0 Å². The second-order valence-electron chi connectivity index (χ2n) is 4.70. The van der Waals surface area contributed by atoms with Gasteiger partial charge in [-0.1, -0.05) is 0 Å². The summed E-state index contributed by atoms with van der Waals surface area (Å²) in [6.45, 7) is 1.48. The van der Waals surface area contributed by atoms with Gasteiger partial charge in [0, 0.05) is 13.5 Å². The Labute approximate surface area is 124 Å². The van der Waals surface area contributed by atoms with E-state index < -0.39 is 12.0 Å². The van der Waals surface area contributed by atoms with E-state index in [9.17, 15) is 9.59 Å². The van der Waals surface area contributed by atoms with Gasteiger partial charge in [-0.05, 0) is 37.1 Å². The van der Waals surface area contributed by atoms with Gasteiger partial charge in [-0.2, -0.15) is 0 Å². The summed E-state index contributed by atoms with van der Waals surface area (Å²) in [6, 6.07) is 4.53. The Bertz CT molecular complexity index is 515. The van der Waals surface area contributed by atoms with Crippen LogP contribution in [0, 0.1) is 0 Å². The van der Waals surface area contributed by atoms with Gasteiger partial charge in [0.25, 0.3) is 0 Å². The van der Waals surface area contributed by atoms with E-state index in [4.69, 9.17) is 14.6 Å². The average Bonchev–Trinajstić information content (AvgIpc) is 2.50. The van der Waals surface area contributed by atoms with Crippen molar-refractivity contribution >= 4 is 11.9 Å². The zero-order valence-electron chi connectivity index (χ0n) is 12.8. The number of ether oxygens (including phenoxy) is 2. The number of carbonyl (C=O) groups excluding carboxylic acids is 1. The third-order valence-electron chi connectivity index (χ3n) is 3.43. The molecule has 116 valence electrons. The van der Waals surface area contributed by atoms with Gasteiger partial charge in [0.05, 0.1) is 14.2 Å². The van der Waals surface area contributed by atoms with E-state index in [2.05, 4.69) is 0 Å². The van der Waals surface area contributed by atoms with Gasteiger partial charge in [0.1, 0.15) is 17.5 Å². The summed E-state index contributed by atoms with van der Waals surface area (Å²) in [4.78, 5) is 24.1. The number of likely N-dealkylation sites (N-methyl/N-ethyl adjacent to an activating group) is 1. The summed E-state index contributed by atoms with van der Waals surface area (Å²) in [5.41, 5.74) is 0.849. The summed E-state index contributed by atoms with van der Waals surface area (Å²) >= 11 is 0. The molecule has 1 atom stereocenters. The molecule has 0 aromatic heterocycles. The fourth-order valence-electron chi connectivity index (χ4n) is 1.88. The number of hydrogen-bond donors (Lipinski definition) is 1. The Balaban J connectivity index is 2.74. The number of hydrogen-bond acceptors (Lipinski definition) is 4. The van der Waals surface area contributed by atoms with Gasteiger partial charge in [-0.25, -0.2) is 4.79 Å². The lowest BCUT2D eigenvalue weighted by atomic mass is 10.1. The molecule has 0 bridgehead atoms. The average molecular weight is 295 g/mol. The zero-order valence-corrected chi connectivity index (χ0v) is 12.8. The summed E-state index contributed by atoms with van der Waals surface area (Å²) in [6.07, 6.45) is 0.660. The van der Waals surface area contributed by atoms with E-state index in [0.29, 0.717) is 17.9 Å².